The standard InChI is InChI=1S/C16H18F4N2O3/c1-2-22(8-14(23)24)11-6-10(7-11)21-15(25)9-3-4-13(17)12(5-9)16(18,19)20/h3-5,10-11H,2,6-8H2,1H3,(H,21,25)(H,23,24). The van der Waals surface area contributed by atoms with Crippen molar-refractivity contribution in [3.8, 4) is 0 Å². The van der Waals surface area contributed by atoms with Crippen molar-refractivity contribution in [2.75, 3.05) is 13.1 Å². The number of nitrogens with zero attached hydrogens (tertiary/aromatic N) is 1. The molecule has 0 heterocycles. The summed E-state index contributed by atoms with van der Waals surface area (Å²) in [7, 11) is 0. The van der Waals surface area contributed by atoms with E-state index in [-0.39, 0.29) is 24.2 Å². The number of rotatable bonds is 6. The first kappa shape index (κ1) is 19.2. The number of aliphatic carboxylic acids is 1. The van der Waals surface area contributed by atoms with Crippen LogP contribution >= 0.6 is 0 Å². The molecule has 0 radical (unpaired) electrons. The number of halogens is 4. The van der Waals surface area contributed by atoms with E-state index in [9.17, 15) is 27.2 Å². The molecular weight excluding hydrogens is 344 g/mol. The van der Waals surface area contributed by atoms with Crippen LogP contribution in [0.5, 0.6) is 0 Å². The number of hydrogen-bond acceptors (Lipinski definition) is 3. The van der Waals surface area contributed by atoms with Gasteiger partial charge in [0.1, 0.15) is 5.82 Å². The minimum atomic E-state index is -4.87. The molecule has 0 bridgehead atoms. The van der Waals surface area contributed by atoms with Gasteiger partial charge in [0.15, 0.2) is 0 Å². The molecule has 9 heteroatoms. The van der Waals surface area contributed by atoms with Crippen LogP contribution < -0.4 is 5.32 Å². The molecule has 0 saturated heterocycles. The molecule has 0 spiro atoms. The third kappa shape index (κ3) is 4.68. The Morgan fingerprint density at radius 2 is 1.96 bits per heavy atom. The second-order valence-electron chi connectivity index (χ2n) is 5.94. The number of likely N-dealkylation sites (N-methyl/N-ethyl adjacent to an activating group) is 1. The average molecular weight is 362 g/mol. The van der Waals surface area contributed by atoms with Crippen LogP contribution in [0.2, 0.25) is 0 Å². The molecule has 1 aromatic rings. The quantitative estimate of drug-likeness (QED) is 0.763. The molecule has 138 valence electrons. The van der Waals surface area contributed by atoms with Gasteiger partial charge in [-0.25, -0.2) is 4.39 Å². The number of carbonyl (C=O) groups excluding carboxylic acids is 1. The van der Waals surface area contributed by atoms with Crippen LogP contribution in [0.25, 0.3) is 0 Å². The van der Waals surface area contributed by atoms with E-state index in [0.717, 1.165) is 6.07 Å². The molecule has 0 unspecified atom stereocenters. The van der Waals surface area contributed by atoms with Gasteiger partial charge in [0.05, 0.1) is 12.1 Å². The summed E-state index contributed by atoms with van der Waals surface area (Å²) in [5.74, 6) is -3.09. The fourth-order valence-corrected chi connectivity index (χ4v) is 2.83. The maximum atomic E-state index is 13.2. The highest BCUT2D eigenvalue weighted by Crippen LogP contribution is 2.32. The smallest absolute Gasteiger partial charge is 0.419 e. The van der Waals surface area contributed by atoms with Crippen molar-refractivity contribution in [2.45, 2.75) is 38.0 Å². The summed E-state index contributed by atoms with van der Waals surface area (Å²) in [6.45, 7) is 2.27. The molecule has 0 aromatic heterocycles. The first-order chi connectivity index (χ1) is 11.6. The van der Waals surface area contributed by atoms with Gasteiger partial charge in [0, 0.05) is 17.6 Å². The van der Waals surface area contributed by atoms with Gasteiger partial charge < -0.3 is 10.4 Å². The Kier molecular flexibility index (Phi) is 5.66. The number of alkyl halides is 3. The van der Waals surface area contributed by atoms with Crippen molar-refractivity contribution >= 4 is 11.9 Å². The van der Waals surface area contributed by atoms with E-state index in [1.807, 2.05) is 6.92 Å². The molecule has 5 nitrogen and oxygen atoms in total. The third-order valence-electron chi connectivity index (χ3n) is 4.24. The van der Waals surface area contributed by atoms with Crippen LogP contribution in [0.15, 0.2) is 18.2 Å². The first-order valence-electron chi connectivity index (χ1n) is 7.75. The Labute approximate surface area is 141 Å². The highest BCUT2D eigenvalue weighted by molar-refractivity contribution is 5.94. The van der Waals surface area contributed by atoms with E-state index in [4.69, 9.17) is 5.11 Å². The van der Waals surface area contributed by atoms with Gasteiger partial charge in [0.25, 0.3) is 5.91 Å². The Balaban J connectivity index is 1.95. The molecule has 1 aliphatic carbocycles. The number of amides is 1. The van der Waals surface area contributed by atoms with E-state index in [0.29, 0.717) is 31.5 Å². The van der Waals surface area contributed by atoms with Gasteiger partial charge in [-0.3, -0.25) is 14.5 Å². The van der Waals surface area contributed by atoms with Crippen molar-refractivity contribution in [1.82, 2.24) is 10.2 Å². The largest absolute Gasteiger partial charge is 0.480 e. The first-order valence-corrected chi connectivity index (χ1v) is 7.75. The highest BCUT2D eigenvalue weighted by atomic mass is 19.4. The number of benzene rings is 1. The lowest BCUT2D eigenvalue weighted by molar-refractivity contribution is -0.140. The van der Waals surface area contributed by atoms with E-state index in [1.165, 1.54) is 0 Å². The molecule has 2 rings (SSSR count). The summed E-state index contributed by atoms with van der Waals surface area (Å²) in [5.41, 5.74) is -1.75. The van der Waals surface area contributed by atoms with Gasteiger partial charge in [0.2, 0.25) is 0 Å². The molecule has 1 amide bonds. The van der Waals surface area contributed by atoms with Crippen molar-refractivity contribution in [2.24, 2.45) is 0 Å². The molecule has 1 fully saturated rings. The van der Waals surface area contributed by atoms with Crippen LogP contribution in [-0.2, 0) is 11.0 Å². The number of nitrogens with one attached hydrogen (secondary N) is 1. The average Bonchev–Trinajstić information content (AvgIpc) is 2.47. The van der Waals surface area contributed by atoms with Gasteiger partial charge in [-0.2, -0.15) is 13.2 Å². The summed E-state index contributed by atoms with van der Waals surface area (Å²) < 4.78 is 51.3. The number of carboxylic acids is 1. The lowest BCUT2D eigenvalue weighted by atomic mass is 9.85. The predicted octanol–water partition coefficient (Wildman–Crippen LogP) is 2.51. The molecular formula is C16H18F4N2O3. The Hall–Kier alpha value is -2.16. The van der Waals surface area contributed by atoms with Crippen molar-refractivity contribution < 1.29 is 32.3 Å². The molecule has 1 aliphatic rings. The normalized spacial score (nSPS) is 20.2. The van der Waals surface area contributed by atoms with Gasteiger partial charge >= 0.3 is 12.1 Å². The summed E-state index contributed by atoms with van der Waals surface area (Å²) in [4.78, 5) is 24.6. The molecule has 2 N–H and O–H groups in total. The van der Waals surface area contributed by atoms with E-state index in [2.05, 4.69) is 5.32 Å². The summed E-state index contributed by atoms with van der Waals surface area (Å²) in [5, 5.41) is 11.4. The zero-order chi connectivity index (χ0) is 18.8. The van der Waals surface area contributed by atoms with E-state index < -0.39 is 29.4 Å². The van der Waals surface area contributed by atoms with Crippen LogP contribution in [-0.4, -0.2) is 47.1 Å². The Morgan fingerprint density at radius 1 is 1.32 bits per heavy atom. The van der Waals surface area contributed by atoms with E-state index in [1.54, 1.807) is 4.90 Å². The molecule has 1 saturated carbocycles. The van der Waals surface area contributed by atoms with Gasteiger partial charge in [-0.05, 0) is 37.6 Å². The fraction of sp³-hybridized carbons (Fsp3) is 0.500. The second kappa shape index (κ2) is 7.38. The minimum absolute atomic E-state index is 0.00496. The number of carboxylic acid groups (broad SMARTS) is 1. The number of hydrogen-bond donors (Lipinski definition) is 2. The Bertz CT molecular complexity index is 657. The minimum Gasteiger partial charge on any atom is -0.480 e. The third-order valence-corrected chi connectivity index (χ3v) is 4.24. The molecule has 0 atom stereocenters. The van der Waals surface area contributed by atoms with Gasteiger partial charge in [-0.1, -0.05) is 6.92 Å². The lowest BCUT2D eigenvalue weighted by Crippen LogP contribution is -2.54. The maximum Gasteiger partial charge on any atom is 0.419 e. The SMILES string of the molecule is CCN(CC(=O)O)C1CC(NC(=O)c2ccc(F)c(C(F)(F)F)c2)C1. The topological polar surface area (TPSA) is 69.6 Å². The van der Waals surface area contributed by atoms with Crippen LogP contribution in [0.1, 0.15) is 35.7 Å². The summed E-state index contributed by atoms with van der Waals surface area (Å²) in [6.07, 6.45) is -3.85. The molecule has 1 aromatic carbocycles. The number of carbonyl (C=O) groups is 2. The molecule has 25 heavy (non-hydrogen) atoms. The summed E-state index contributed by atoms with van der Waals surface area (Å²) >= 11 is 0. The fourth-order valence-electron chi connectivity index (χ4n) is 2.83. The van der Waals surface area contributed by atoms with Crippen molar-refractivity contribution in [1.29, 1.82) is 0 Å². The zero-order valence-corrected chi connectivity index (χ0v) is 13.4. The van der Waals surface area contributed by atoms with Crippen molar-refractivity contribution in [3.05, 3.63) is 35.1 Å². The Morgan fingerprint density at radius 3 is 2.48 bits per heavy atom. The van der Waals surface area contributed by atoms with Gasteiger partial charge in [-0.15, -0.1) is 0 Å². The van der Waals surface area contributed by atoms with Crippen LogP contribution in [0.3, 0.4) is 0 Å². The van der Waals surface area contributed by atoms with E-state index >= 15 is 0 Å². The zero-order valence-electron chi connectivity index (χ0n) is 13.4. The van der Waals surface area contributed by atoms with Crippen LogP contribution in [0.4, 0.5) is 17.6 Å². The predicted molar refractivity (Wildman–Crippen MR) is 80.6 cm³/mol. The van der Waals surface area contributed by atoms with Crippen molar-refractivity contribution in [3.63, 3.8) is 0 Å². The highest BCUT2D eigenvalue weighted by Gasteiger charge is 2.36. The lowest BCUT2D eigenvalue weighted by Gasteiger charge is -2.42. The second-order valence-corrected chi connectivity index (χ2v) is 5.94. The monoisotopic (exact) mass is 362 g/mol. The van der Waals surface area contributed by atoms with Crippen LogP contribution in [0, 0.1) is 5.82 Å². The maximum absolute atomic E-state index is 13.2. The summed E-state index contributed by atoms with van der Waals surface area (Å²) in [6, 6.07) is 1.86. The molecule has 0 aliphatic heterocycles.